The van der Waals surface area contributed by atoms with Gasteiger partial charge in [0, 0.05) is 37.8 Å². The van der Waals surface area contributed by atoms with Gasteiger partial charge in [-0.1, -0.05) is 67.6 Å². The van der Waals surface area contributed by atoms with Crippen molar-refractivity contribution in [3.63, 3.8) is 0 Å². The second-order valence-electron chi connectivity index (χ2n) is 12.4. The number of carbonyl (C=O) groups excluding carboxylic acids is 2. The number of benzene rings is 3. The molecule has 4 rings (SSSR count). The van der Waals surface area contributed by atoms with Crippen LogP contribution in [0.2, 0.25) is 0 Å². The van der Waals surface area contributed by atoms with Gasteiger partial charge in [-0.3, -0.25) is 14.5 Å². The molecule has 0 fully saturated rings. The number of aliphatic hydroxyl groups is 1. The molecule has 0 radical (unpaired) electrons. The molecule has 0 bridgehead atoms. The van der Waals surface area contributed by atoms with Crippen LogP contribution in [0.15, 0.2) is 78.9 Å². The second-order valence-corrected chi connectivity index (χ2v) is 12.4. The molecule has 1 aliphatic heterocycles. The van der Waals surface area contributed by atoms with Crippen LogP contribution in [0.4, 0.5) is 5.69 Å². The van der Waals surface area contributed by atoms with Gasteiger partial charge < -0.3 is 24.8 Å². The highest BCUT2D eigenvalue weighted by Crippen LogP contribution is 2.28. The molecular formula is C37H49N3O5. The number of likely N-dealkylation sites (N-methyl/N-ethyl adjacent to an activating group) is 1. The normalized spacial score (nSPS) is 20.5. The lowest BCUT2D eigenvalue weighted by atomic mass is 10.0. The van der Waals surface area contributed by atoms with Crippen molar-refractivity contribution in [3.05, 3.63) is 95.6 Å². The monoisotopic (exact) mass is 615 g/mol. The van der Waals surface area contributed by atoms with E-state index in [0.717, 1.165) is 31.4 Å². The minimum absolute atomic E-state index is 0.0128. The first-order chi connectivity index (χ1) is 21.7. The van der Waals surface area contributed by atoms with Crippen LogP contribution in [-0.4, -0.2) is 78.3 Å². The molecule has 8 heteroatoms. The van der Waals surface area contributed by atoms with Gasteiger partial charge in [-0.05, 0) is 69.5 Å². The highest BCUT2D eigenvalue weighted by atomic mass is 16.5. The van der Waals surface area contributed by atoms with E-state index >= 15 is 0 Å². The molecule has 3 aromatic carbocycles. The summed E-state index contributed by atoms with van der Waals surface area (Å²) in [5.74, 6) is 0.0424. The first-order valence-corrected chi connectivity index (χ1v) is 16.1. The van der Waals surface area contributed by atoms with Crippen molar-refractivity contribution in [1.29, 1.82) is 0 Å². The molecule has 1 heterocycles. The molecule has 242 valence electrons. The van der Waals surface area contributed by atoms with E-state index in [-0.39, 0.29) is 43.0 Å². The van der Waals surface area contributed by atoms with Crippen LogP contribution in [-0.2, 0) is 22.5 Å². The van der Waals surface area contributed by atoms with Crippen LogP contribution in [0.1, 0.15) is 61.5 Å². The maximum absolute atomic E-state index is 14.3. The van der Waals surface area contributed by atoms with Crippen LogP contribution in [0.25, 0.3) is 0 Å². The van der Waals surface area contributed by atoms with Gasteiger partial charge in [0.2, 0.25) is 5.91 Å². The third-order valence-electron chi connectivity index (χ3n) is 8.33. The summed E-state index contributed by atoms with van der Waals surface area (Å²) in [6.07, 6.45) is 2.66. The van der Waals surface area contributed by atoms with E-state index in [0.29, 0.717) is 36.7 Å². The van der Waals surface area contributed by atoms with Crippen LogP contribution < -0.4 is 10.1 Å². The maximum Gasteiger partial charge on any atom is 0.258 e. The van der Waals surface area contributed by atoms with Crippen LogP contribution >= 0.6 is 0 Å². The summed E-state index contributed by atoms with van der Waals surface area (Å²) >= 11 is 0. The molecule has 0 spiro atoms. The van der Waals surface area contributed by atoms with Crippen molar-refractivity contribution in [1.82, 2.24) is 9.80 Å². The minimum atomic E-state index is -0.433. The number of fused-ring (bicyclic) bond motifs is 1. The van der Waals surface area contributed by atoms with E-state index in [2.05, 4.69) is 36.3 Å². The average molecular weight is 616 g/mol. The molecule has 2 amide bonds. The van der Waals surface area contributed by atoms with E-state index in [9.17, 15) is 14.7 Å². The Bertz CT molecular complexity index is 1350. The number of amides is 2. The fourth-order valence-corrected chi connectivity index (χ4v) is 5.72. The summed E-state index contributed by atoms with van der Waals surface area (Å²) in [5.41, 5.74) is 3.03. The van der Waals surface area contributed by atoms with Crippen molar-refractivity contribution in [2.24, 2.45) is 5.92 Å². The Balaban J connectivity index is 1.59. The fraction of sp³-hybridized carbons (Fsp3) is 0.459. The Morgan fingerprint density at radius 3 is 2.40 bits per heavy atom. The van der Waals surface area contributed by atoms with Crippen molar-refractivity contribution in [3.8, 4) is 5.75 Å². The summed E-state index contributed by atoms with van der Waals surface area (Å²) in [6, 6.07) is 24.7. The average Bonchev–Trinajstić information content (AvgIpc) is 3.03. The molecule has 0 saturated heterocycles. The van der Waals surface area contributed by atoms with Gasteiger partial charge in [-0.25, -0.2) is 0 Å². The molecule has 0 aromatic heterocycles. The maximum atomic E-state index is 14.3. The number of ether oxygens (including phenoxy) is 2. The van der Waals surface area contributed by atoms with Crippen LogP contribution in [0.5, 0.6) is 5.75 Å². The number of hydrogen-bond acceptors (Lipinski definition) is 6. The summed E-state index contributed by atoms with van der Waals surface area (Å²) < 4.78 is 12.8. The number of hydrogen-bond donors (Lipinski definition) is 2. The predicted molar refractivity (Wildman–Crippen MR) is 178 cm³/mol. The third-order valence-corrected chi connectivity index (χ3v) is 8.33. The lowest BCUT2D eigenvalue weighted by molar-refractivity contribution is -0.115. The molecule has 0 saturated carbocycles. The summed E-state index contributed by atoms with van der Waals surface area (Å²) in [7, 11) is 2.09. The predicted octanol–water partition coefficient (Wildman–Crippen LogP) is 5.80. The van der Waals surface area contributed by atoms with E-state index in [1.165, 1.54) is 5.56 Å². The Kier molecular flexibility index (Phi) is 13.0. The molecule has 1 aliphatic rings. The quantitative estimate of drug-likeness (QED) is 0.317. The van der Waals surface area contributed by atoms with Gasteiger partial charge in [-0.15, -0.1) is 0 Å². The molecule has 2 N–H and O–H groups in total. The molecule has 45 heavy (non-hydrogen) atoms. The van der Waals surface area contributed by atoms with Crippen LogP contribution in [0, 0.1) is 5.92 Å². The van der Waals surface area contributed by atoms with Gasteiger partial charge in [0.1, 0.15) is 5.75 Å². The fourth-order valence-electron chi connectivity index (χ4n) is 5.72. The number of nitrogens with one attached hydrogen (secondary N) is 1. The SMILES string of the molecule is C[C@@H]1CN([C@@H](C)CO)C(=O)c2cc(NC(=O)Cc3ccccc3)ccc2O[C@@H](C)CCCCO[C@@H]1CN(C)Cc1ccccc1. The number of anilines is 1. The standard InChI is InChI=1S/C37H49N3O5/c1-27-23-40(28(2)26-41)37(43)33-22-32(38-36(42)21-30-14-7-5-8-15-30)18-19-34(33)45-29(3)13-11-12-20-44-35(27)25-39(4)24-31-16-9-6-10-17-31/h5-10,14-19,22,27-29,35,41H,11-13,20-21,23-26H2,1-4H3,(H,38,42)/t27-,28+,29+,35-/m1/s1. The molecule has 4 atom stereocenters. The summed E-state index contributed by atoms with van der Waals surface area (Å²) in [5, 5.41) is 13.2. The number of carbonyl (C=O) groups is 2. The Labute approximate surface area is 268 Å². The van der Waals surface area contributed by atoms with E-state index in [1.54, 1.807) is 23.1 Å². The largest absolute Gasteiger partial charge is 0.490 e. The van der Waals surface area contributed by atoms with Gasteiger partial charge in [0.25, 0.3) is 5.91 Å². The van der Waals surface area contributed by atoms with Crippen molar-refractivity contribution in [2.45, 2.75) is 71.2 Å². The molecule has 0 unspecified atom stereocenters. The zero-order valence-electron chi connectivity index (χ0n) is 27.2. The highest BCUT2D eigenvalue weighted by molar-refractivity contribution is 6.00. The molecule has 8 nitrogen and oxygen atoms in total. The Hall–Kier alpha value is -3.72. The van der Waals surface area contributed by atoms with Crippen LogP contribution in [0.3, 0.4) is 0 Å². The summed E-state index contributed by atoms with van der Waals surface area (Å²) in [6.45, 7) is 8.31. The van der Waals surface area contributed by atoms with Gasteiger partial charge in [0.05, 0.1) is 36.8 Å². The molecular weight excluding hydrogens is 566 g/mol. The van der Waals surface area contributed by atoms with E-state index < -0.39 is 6.04 Å². The lowest BCUT2D eigenvalue weighted by Crippen LogP contribution is -2.47. The minimum Gasteiger partial charge on any atom is -0.490 e. The van der Waals surface area contributed by atoms with Crippen molar-refractivity contribution in [2.75, 3.05) is 38.7 Å². The van der Waals surface area contributed by atoms with E-state index in [4.69, 9.17) is 9.47 Å². The van der Waals surface area contributed by atoms with Gasteiger partial charge in [0.15, 0.2) is 0 Å². The zero-order chi connectivity index (χ0) is 32.2. The van der Waals surface area contributed by atoms with Gasteiger partial charge >= 0.3 is 0 Å². The Morgan fingerprint density at radius 1 is 1.02 bits per heavy atom. The molecule has 3 aromatic rings. The van der Waals surface area contributed by atoms with Gasteiger partial charge in [-0.2, -0.15) is 0 Å². The van der Waals surface area contributed by atoms with Crippen molar-refractivity contribution >= 4 is 17.5 Å². The zero-order valence-corrected chi connectivity index (χ0v) is 27.2. The number of rotatable bonds is 9. The Morgan fingerprint density at radius 2 is 1.71 bits per heavy atom. The number of nitrogens with zero attached hydrogens (tertiary/aromatic N) is 2. The number of aliphatic hydroxyl groups excluding tert-OH is 1. The second kappa shape index (κ2) is 17.1. The lowest BCUT2D eigenvalue weighted by Gasteiger charge is -2.36. The molecule has 0 aliphatic carbocycles. The highest BCUT2D eigenvalue weighted by Gasteiger charge is 2.30. The first-order valence-electron chi connectivity index (χ1n) is 16.1. The first kappa shape index (κ1) is 34.2. The smallest absolute Gasteiger partial charge is 0.258 e. The topological polar surface area (TPSA) is 91.3 Å². The van der Waals surface area contributed by atoms with E-state index in [1.807, 2.05) is 62.4 Å². The summed E-state index contributed by atoms with van der Waals surface area (Å²) in [4.78, 5) is 31.2. The van der Waals surface area contributed by atoms with Crippen molar-refractivity contribution < 1.29 is 24.2 Å². The third kappa shape index (κ3) is 10.4.